The van der Waals surface area contributed by atoms with Crippen molar-refractivity contribution in [1.29, 1.82) is 0 Å². The molecule has 90 valence electrons. The second kappa shape index (κ2) is 4.34. The van der Waals surface area contributed by atoms with E-state index in [1.165, 1.54) is 22.3 Å². The Labute approximate surface area is 115 Å². The molecule has 0 aliphatic heterocycles. The molecule has 2 aromatic rings. The van der Waals surface area contributed by atoms with Gasteiger partial charge >= 0.3 is 0 Å². The van der Waals surface area contributed by atoms with Crippen LogP contribution in [0.1, 0.15) is 24.0 Å². The van der Waals surface area contributed by atoms with Gasteiger partial charge in [-0.1, -0.05) is 36.4 Å². The third-order valence-electron chi connectivity index (χ3n) is 3.88. The lowest BCUT2D eigenvalue weighted by atomic mass is 9.73. The predicted molar refractivity (Wildman–Crippen MR) is 77.6 cm³/mol. The van der Waals surface area contributed by atoms with Crippen molar-refractivity contribution in [3.63, 3.8) is 0 Å². The van der Waals surface area contributed by atoms with E-state index in [2.05, 4.69) is 43.5 Å². The van der Waals surface area contributed by atoms with Crippen LogP contribution in [0.4, 0.5) is 0 Å². The molecule has 0 radical (unpaired) electrons. The second-order valence-corrected chi connectivity index (χ2v) is 4.86. The quantitative estimate of drug-likeness (QED) is 0.701. The van der Waals surface area contributed by atoms with E-state index in [1.807, 2.05) is 30.4 Å². The van der Waals surface area contributed by atoms with Crippen molar-refractivity contribution in [2.45, 2.75) is 18.3 Å². The average molecular weight is 242 g/mol. The summed E-state index contributed by atoms with van der Waals surface area (Å²) >= 11 is 0. The second-order valence-electron chi connectivity index (χ2n) is 4.86. The van der Waals surface area contributed by atoms with Gasteiger partial charge in [0, 0.05) is 11.0 Å². The summed E-state index contributed by atoms with van der Waals surface area (Å²) in [6.45, 7) is 7.84. The van der Waals surface area contributed by atoms with Gasteiger partial charge in [0.15, 0.2) is 0 Å². The van der Waals surface area contributed by atoms with Crippen LogP contribution in [-0.4, -0.2) is 0 Å². The minimum atomic E-state index is -0.114. The topological polar surface area (TPSA) is 0 Å². The lowest BCUT2D eigenvalue weighted by molar-refractivity contribution is 0.543. The summed E-state index contributed by atoms with van der Waals surface area (Å²) in [5.41, 5.74) is 4.80. The Morgan fingerprint density at radius 3 is 2.47 bits per heavy atom. The molecule has 1 aliphatic rings. The first kappa shape index (κ1) is 11.6. The molecule has 0 saturated heterocycles. The molecule has 0 fully saturated rings. The Morgan fingerprint density at radius 2 is 1.74 bits per heavy atom. The van der Waals surface area contributed by atoms with Crippen LogP contribution >= 0.6 is 0 Å². The van der Waals surface area contributed by atoms with E-state index in [1.54, 1.807) is 0 Å². The van der Waals surface area contributed by atoms with Crippen LogP contribution in [0.3, 0.4) is 0 Å². The fourth-order valence-electron chi connectivity index (χ4n) is 3.13. The number of hydrogen-bond donors (Lipinski definition) is 0. The van der Waals surface area contributed by atoms with Crippen molar-refractivity contribution in [3.8, 4) is 11.1 Å². The molecule has 0 bridgehead atoms. The summed E-state index contributed by atoms with van der Waals surface area (Å²) in [5.74, 6) is 0. The Morgan fingerprint density at radius 1 is 1.00 bits per heavy atom. The third kappa shape index (κ3) is 1.51. The van der Waals surface area contributed by atoms with E-state index in [0.29, 0.717) is 0 Å². The van der Waals surface area contributed by atoms with E-state index < -0.39 is 0 Å². The van der Waals surface area contributed by atoms with Gasteiger partial charge in [0.1, 0.15) is 0 Å². The number of allylic oxidation sites excluding steroid dienone is 2. The summed E-state index contributed by atoms with van der Waals surface area (Å²) in [5, 5.41) is 0. The minimum Gasteiger partial charge on any atom is -0.103 e. The third-order valence-corrected chi connectivity index (χ3v) is 3.88. The molecule has 0 saturated carbocycles. The molecular weight excluding hydrogens is 228 g/mol. The number of rotatable bonds is 4. The maximum atomic E-state index is 3.92. The molecule has 0 nitrogen and oxygen atoms in total. The lowest BCUT2D eigenvalue weighted by Gasteiger charge is -2.28. The maximum absolute atomic E-state index is 3.92. The number of hydrogen-bond acceptors (Lipinski definition) is 0. The zero-order valence-electron chi connectivity index (χ0n) is 10.8. The largest absolute Gasteiger partial charge is 0.103 e. The summed E-state index contributed by atoms with van der Waals surface area (Å²) in [6, 6.07) is 20.6. The summed E-state index contributed by atoms with van der Waals surface area (Å²) < 4.78 is 0. The highest BCUT2D eigenvalue weighted by Gasteiger charge is 2.41. The van der Waals surface area contributed by atoms with Gasteiger partial charge in [-0.15, -0.1) is 13.2 Å². The first-order chi connectivity index (χ1) is 9.33. The molecule has 0 heteroatoms. The van der Waals surface area contributed by atoms with E-state index >= 15 is 0 Å². The first-order valence-electron chi connectivity index (χ1n) is 6.41. The summed E-state index contributed by atoms with van der Waals surface area (Å²) in [6.07, 6.45) is 5.68. The Balaban J connectivity index is 2.34. The average Bonchev–Trinajstić information content (AvgIpc) is 2.72. The zero-order chi connectivity index (χ0) is 13.3. The molecule has 0 heterocycles. The molecule has 0 spiro atoms. The SMILES string of the molecule is C=CCC1(CC=C)c2c#cccc2-c2cc#ccc21. The highest BCUT2D eigenvalue weighted by Crippen LogP contribution is 2.51. The lowest BCUT2D eigenvalue weighted by Crippen LogP contribution is -2.23. The van der Waals surface area contributed by atoms with Gasteiger partial charge in [-0.3, -0.25) is 0 Å². The molecule has 0 aromatic heterocycles. The molecule has 3 rings (SSSR count). The monoisotopic (exact) mass is 242 g/mol. The smallest absolute Gasteiger partial charge is 0.0369 e. The van der Waals surface area contributed by atoms with Gasteiger partial charge in [-0.05, 0) is 53.8 Å². The van der Waals surface area contributed by atoms with E-state index in [-0.39, 0.29) is 5.41 Å². The molecule has 1 aliphatic carbocycles. The Bertz CT molecular complexity index is 576. The highest BCUT2D eigenvalue weighted by atomic mass is 14.4. The molecule has 0 amide bonds. The van der Waals surface area contributed by atoms with Crippen LogP contribution < -0.4 is 0 Å². The fourth-order valence-corrected chi connectivity index (χ4v) is 3.13. The molecule has 0 atom stereocenters. The van der Waals surface area contributed by atoms with Crippen LogP contribution in [0.5, 0.6) is 0 Å². The molecular formula is C19H14. The van der Waals surface area contributed by atoms with Crippen LogP contribution in [-0.2, 0) is 5.41 Å². The normalized spacial score (nSPS) is 13.7. The standard InChI is InChI=1S/C19H14/c1-3-13-19(14-4-2)17-11-7-5-9-15(17)16-10-6-8-12-18(16)19/h3-5,9-10,12H,1-2,13-14H2. The van der Waals surface area contributed by atoms with Gasteiger partial charge in [-0.2, -0.15) is 0 Å². The minimum absolute atomic E-state index is 0.114. The van der Waals surface area contributed by atoms with Crippen molar-refractivity contribution < 1.29 is 0 Å². The Kier molecular flexibility index (Phi) is 2.66. The Hall–Kier alpha value is -2.44. The highest BCUT2D eigenvalue weighted by molar-refractivity contribution is 5.80. The van der Waals surface area contributed by atoms with Gasteiger partial charge in [-0.25, -0.2) is 0 Å². The molecule has 0 N–H and O–H groups in total. The summed E-state index contributed by atoms with van der Waals surface area (Å²) in [4.78, 5) is 0. The van der Waals surface area contributed by atoms with Crippen molar-refractivity contribution in [2.75, 3.05) is 0 Å². The van der Waals surface area contributed by atoms with Gasteiger partial charge in [0.2, 0.25) is 0 Å². The van der Waals surface area contributed by atoms with Crippen LogP contribution in [0.15, 0.2) is 49.6 Å². The maximum Gasteiger partial charge on any atom is 0.0369 e. The van der Waals surface area contributed by atoms with Crippen LogP contribution in [0.25, 0.3) is 11.1 Å². The number of fused-ring (bicyclic) bond motifs is 3. The van der Waals surface area contributed by atoms with E-state index in [9.17, 15) is 0 Å². The van der Waals surface area contributed by atoms with Crippen molar-refractivity contribution >= 4 is 0 Å². The first-order valence-corrected chi connectivity index (χ1v) is 6.41. The van der Waals surface area contributed by atoms with Gasteiger partial charge in [0.25, 0.3) is 0 Å². The predicted octanol–water partition coefficient (Wildman–Crippen LogP) is 4.31. The molecule has 0 unspecified atom stereocenters. The fraction of sp³-hybridized carbons (Fsp3) is 0.158. The van der Waals surface area contributed by atoms with Crippen LogP contribution in [0, 0.1) is 24.3 Å². The zero-order valence-corrected chi connectivity index (χ0v) is 10.8. The van der Waals surface area contributed by atoms with Gasteiger partial charge < -0.3 is 0 Å². The van der Waals surface area contributed by atoms with E-state index in [0.717, 1.165) is 12.8 Å². The van der Waals surface area contributed by atoms with E-state index in [4.69, 9.17) is 0 Å². The summed E-state index contributed by atoms with van der Waals surface area (Å²) in [7, 11) is 0. The van der Waals surface area contributed by atoms with Crippen molar-refractivity contribution in [2.24, 2.45) is 0 Å². The van der Waals surface area contributed by atoms with Gasteiger partial charge in [0.05, 0.1) is 0 Å². The molecule has 19 heavy (non-hydrogen) atoms. The van der Waals surface area contributed by atoms with Crippen molar-refractivity contribution in [3.05, 3.63) is 85.0 Å². The molecule has 2 aromatic carbocycles. The van der Waals surface area contributed by atoms with Crippen LogP contribution in [0.2, 0.25) is 0 Å². The van der Waals surface area contributed by atoms with Crippen molar-refractivity contribution in [1.82, 2.24) is 0 Å².